The predicted octanol–water partition coefficient (Wildman–Crippen LogP) is 2.84. The van der Waals surface area contributed by atoms with E-state index in [1.165, 1.54) is 0 Å². The molecule has 60 valence electrons. The van der Waals surface area contributed by atoms with Gasteiger partial charge in [0.25, 0.3) is 0 Å². The van der Waals surface area contributed by atoms with E-state index in [2.05, 4.69) is 0 Å². The topological polar surface area (TPSA) is 0 Å². The SMILES string of the molecule is CC(C)[C@H]1C[C@@H]1C(F)(F)F. The number of hydrogen-bond donors (Lipinski definition) is 0. The van der Waals surface area contributed by atoms with Crippen LogP contribution in [-0.2, 0) is 0 Å². The van der Waals surface area contributed by atoms with Gasteiger partial charge in [-0.1, -0.05) is 13.8 Å². The maximum atomic E-state index is 11.9. The molecule has 0 bridgehead atoms. The zero-order valence-corrected chi connectivity index (χ0v) is 6.07. The molecule has 0 aromatic rings. The molecule has 0 saturated heterocycles. The van der Waals surface area contributed by atoms with Gasteiger partial charge < -0.3 is 0 Å². The Morgan fingerprint density at radius 1 is 1.30 bits per heavy atom. The summed E-state index contributed by atoms with van der Waals surface area (Å²) < 4.78 is 35.6. The molecule has 1 fully saturated rings. The van der Waals surface area contributed by atoms with Crippen molar-refractivity contribution in [3.63, 3.8) is 0 Å². The van der Waals surface area contributed by atoms with Crippen molar-refractivity contribution in [1.29, 1.82) is 0 Å². The zero-order valence-electron chi connectivity index (χ0n) is 6.07. The van der Waals surface area contributed by atoms with E-state index in [-0.39, 0.29) is 11.8 Å². The van der Waals surface area contributed by atoms with Crippen molar-refractivity contribution >= 4 is 0 Å². The fourth-order valence-electron chi connectivity index (χ4n) is 1.33. The summed E-state index contributed by atoms with van der Waals surface area (Å²) >= 11 is 0. The number of hydrogen-bond acceptors (Lipinski definition) is 0. The molecule has 0 nitrogen and oxygen atoms in total. The zero-order chi connectivity index (χ0) is 7.94. The Balaban J connectivity index is 2.39. The Bertz CT molecular complexity index is 125. The lowest BCUT2D eigenvalue weighted by Gasteiger charge is -2.06. The van der Waals surface area contributed by atoms with E-state index in [1.54, 1.807) is 0 Å². The molecular formula is C7H11F3. The first kappa shape index (κ1) is 7.89. The molecular weight excluding hydrogens is 141 g/mol. The van der Waals surface area contributed by atoms with Crippen LogP contribution >= 0.6 is 0 Å². The Labute approximate surface area is 58.4 Å². The standard InChI is InChI=1S/C7H11F3/c1-4(2)5-3-6(5)7(8,9)10/h4-6H,3H2,1-2H3/t5-,6+/m1/s1. The lowest BCUT2D eigenvalue weighted by atomic mass is 10.1. The van der Waals surface area contributed by atoms with Gasteiger partial charge in [0.1, 0.15) is 0 Å². The average molecular weight is 152 g/mol. The van der Waals surface area contributed by atoms with Crippen LogP contribution in [-0.4, -0.2) is 6.18 Å². The Morgan fingerprint density at radius 2 is 1.80 bits per heavy atom. The highest BCUT2D eigenvalue weighted by molar-refractivity contribution is 4.92. The van der Waals surface area contributed by atoms with Crippen LogP contribution in [0.1, 0.15) is 20.3 Å². The minimum Gasteiger partial charge on any atom is -0.171 e. The number of alkyl halides is 3. The summed E-state index contributed by atoms with van der Waals surface area (Å²) in [5.41, 5.74) is 0. The summed E-state index contributed by atoms with van der Waals surface area (Å²) in [7, 11) is 0. The lowest BCUT2D eigenvalue weighted by Crippen LogP contribution is -2.13. The molecule has 1 aliphatic carbocycles. The minimum absolute atomic E-state index is 0.0972. The summed E-state index contributed by atoms with van der Waals surface area (Å²) in [6.07, 6.45) is -3.59. The number of halogens is 3. The van der Waals surface area contributed by atoms with Crippen molar-refractivity contribution in [1.82, 2.24) is 0 Å². The monoisotopic (exact) mass is 152 g/mol. The van der Waals surface area contributed by atoms with Crippen LogP contribution in [0.4, 0.5) is 13.2 Å². The summed E-state index contributed by atoms with van der Waals surface area (Å²) in [5.74, 6) is -0.904. The molecule has 0 unspecified atom stereocenters. The van der Waals surface area contributed by atoms with Gasteiger partial charge in [-0.15, -0.1) is 0 Å². The maximum Gasteiger partial charge on any atom is 0.392 e. The molecule has 0 aromatic heterocycles. The molecule has 0 aromatic carbocycles. The van der Waals surface area contributed by atoms with E-state index in [4.69, 9.17) is 0 Å². The molecule has 1 saturated carbocycles. The van der Waals surface area contributed by atoms with Crippen molar-refractivity contribution < 1.29 is 13.2 Å². The van der Waals surface area contributed by atoms with Gasteiger partial charge in [-0.3, -0.25) is 0 Å². The van der Waals surface area contributed by atoms with Gasteiger partial charge in [-0.2, -0.15) is 13.2 Å². The van der Waals surface area contributed by atoms with Crippen molar-refractivity contribution in [2.45, 2.75) is 26.4 Å². The molecule has 0 amide bonds. The lowest BCUT2D eigenvalue weighted by molar-refractivity contribution is -0.152. The first-order valence-electron chi connectivity index (χ1n) is 3.49. The van der Waals surface area contributed by atoms with Crippen LogP contribution in [0.2, 0.25) is 0 Å². The fraction of sp³-hybridized carbons (Fsp3) is 1.00. The fourth-order valence-corrected chi connectivity index (χ4v) is 1.33. The highest BCUT2D eigenvalue weighted by atomic mass is 19.4. The second-order valence-electron chi connectivity index (χ2n) is 3.29. The number of rotatable bonds is 1. The smallest absolute Gasteiger partial charge is 0.171 e. The molecule has 1 aliphatic rings. The Kier molecular flexibility index (Phi) is 1.69. The quantitative estimate of drug-likeness (QED) is 0.542. The summed E-state index contributed by atoms with van der Waals surface area (Å²) in [5, 5.41) is 0. The van der Waals surface area contributed by atoms with E-state index in [9.17, 15) is 13.2 Å². The van der Waals surface area contributed by atoms with Crippen molar-refractivity contribution in [2.75, 3.05) is 0 Å². The molecule has 0 spiro atoms. The molecule has 0 aliphatic heterocycles. The predicted molar refractivity (Wildman–Crippen MR) is 32.5 cm³/mol. The molecule has 2 atom stereocenters. The van der Waals surface area contributed by atoms with Gasteiger partial charge in [0, 0.05) is 0 Å². The Morgan fingerprint density at radius 3 is 1.90 bits per heavy atom. The van der Waals surface area contributed by atoms with Crippen molar-refractivity contribution in [3.05, 3.63) is 0 Å². The third-order valence-electron chi connectivity index (χ3n) is 2.12. The van der Waals surface area contributed by atoms with Gasteiger partial charge in [0.2, 0.25) is 0 Å². The molecule has 0 heterocycles. The van der Waals surface area contributed by atoms with Crippen LogP contribution < -0.4 is 0 Å². The van der Waals surface area contributed by atoms with Crippen LogP contribution in [0.5, 0.6) is 0 Å². The maximum absolute atomic E-state index is 11.9. The third kappa shape index (κ3) is 1.44. The van der Waals surface area contributed by atoms with E-state index in [1.807, 2.05) is 13.8 Å². The van der Waals surface area contributed by atoms with E-state index >= 15 is 0 Å². The molecule has 1 rings (SSSR count). The van der Waals surface area contributed by atoms with Crippen LogP contribution in [0, 0.1) is 17.8 Å². The van der Waals surface area contributed by atoms with Crippen LogP contribution in [0.3, 0.4) is 0 Å². The van der Waals surface area contributed by atoms with E-state index in [0.29, 0.717) is 6.42 Å². The van der Waals surface area contributed by atoms with Crippen LogP contribution in [0.15, 0.2) is 0 Å². The molecule has 3 heteroatoms. The van der Waals surface area contributed by atoms with Gasteiger partial charge in [-0.05, 0) is 18.3 Å². The van der Waals surface area contributed by atoms with Crippen molar-refractivity contribution in [3.8, 4) is 0 Å². The van der Waals surface area contributed by atoms with E-state index in [0.717, 1.165) is 0 Å². The van der Waals surface area contributed by atoms with Crippen LogP contribution in [0.25, 0.3) is 0 Å². The van der Waals surface area contributed by atoms with Gasteiger partial charge in [0.15, 0.2) is 0 Å². The summed E-state index contributed by atoms with van der Waals surface area (Å²) in [6, 6.07) is 0. The highest BCUT2D eigenvalue weighted by Crippen LogP contribution is 2.53. The second kappa shape index (κ2) is 2.14. The highest BCUT2D eigenvalue weighted by Gasteiger charge is 2.56. The molecule has 10 heavy (non-hydrogen) atoms. The largest absolute Gasteiger partial charge is 0.392 e. The minimum atomic E-state index is -3.94. The molecule has 0 N–H and O–H groups in total. The first-order chi connectivity index (χ1) is 4.43. The molecule has 0 radical (unpaired) electrons. The third-order valence-corrected chi connectivity index (χ3v) is 2.12. The Hall–Kier alpha value is -0.210. The van der Waals surface area contributed by atoms with Gasteiger partial charge in [-0.25, -0.2) is 0 Å². The van der Waals surface area contributed by atoms with Crippen molar-refractivity contribution in [2.24, 2.45) is 17.8 Å². The average Bonchev–Trinajstić information content (AvgIpc) is 2.35. The van der Waals surface area contributed by atoms with Gasteiger partial charge in [0.05, 0.1) is 5.92 Å². The first-order valence-corrected chi connectivity index (χ1v) is 3.49. The second-order valence-corrected chi connectivity index (χ2v) is 3.29. The normalized spacial score (nSPS) is 33.0. The van der Waals surface area contributed by atoms with Gasteiger partial charge >= 0.3 is 6.18 Å². The van der Waals surface area contributed by atoms with E-state index < -0.39 is 12.1 Å². The summed E-state index contributed by atoms with van der Waals surface area (Å²) in [4.78, 5) is 0. The summed E-state index contributed by atoms with van der Waals surface area (Å²) in [6.45, 7) is 3.69.